The molecule has 27 heavy (non-hydrogen) atoms. The third-order valence-corrected chi connectivity index (χ3v) is 6.69. The number of amides is 1. The average molecular weight is 400 g/mol. The van der Waals surface area contributed by atoms with E-state index in [0.29, 0.717) is 24.3 Å². The highest BCUT2D eigenvalue weighted by molar-refractivity contribution is 7.89. The number of carbonyl (C=O) groups excluding carboxylic acids is 1. The molecule has 0 fully saturated rings. The quantitative estimate of drug-likeness (QED) is 0.621. The number of nitrogens with zero attached hydrogens (tertiary/aromatic N) is 2. The Labute approximate surface area is 161 Å². The van der Waals surface area contributed by atoms with E-state index in [4.69, 9.17) is 5.11 Å². The van der Waals surface area contributed by atoms with E-state index in [2.05, 4.69) is 5.32 Å². The van der Waals surface area contributed by atoms with Gasteiger partial charge in [0.2, 0.25) is 15.9 Å². The first kappa shape index (κ1) is 23.1. The maximum absolute atomic E-state index is 12.8. The minimum absolute atomic E-state index is 0.0646. The standard InChI is InChI=1S/C18H29N3O5S/c1-6-21(7-2)27(25,26)16-12-15(9-8-13(16)3)19-18(24)14(4)20(5)11-10-17(22)23/h8-9,12,14H,6-7,10-11H2,1-5H3,(H,19,24)(H,22,23). The van der Waals surface area contributed by atoms with Crippen molar-refractivity contribution in [2.75, 3.05) is 32.0 Å². The van der Waals surface area contributed by atoms with E-state index in [9.17, 15) is 18.0 Å². The number of anilines is 1. The van der Waals surface area contributed by atoms with E-state index in [-0.39, 0.29) is 23.8 Å². The third kappa shape index (κ3) is 6.02. The lowest BCUT2D eigenvalue weighted by atomic mass is 10.2. The molecule has 8 nitrogen and oxygen atoms in total. The summed E-state index contributed by atoms with van der Waals surface area (Å²) < 4.78 is 27.0. The number of carboxylic acid groups (broad SMARTS) is 1. The number of aryl methyl sites for hydroxylation is 1. The van der Waals surface area contributed by atoms with Gasteiger partial charge in [-0.1, -0.05) is 19.9 Å². The van der Waals surface area contributed by atoms with Crippen molar-refractivity contribution in [2.45, 2.75) is 45.1 Å². The lowest BCUT2D eigenvalue weighted by Crippen LogP contribution is -2.40. The molecule has 0 radical (unpaired) electrons. The fourth-order valence-electron chi connectivity index (χ4n) is 2.57. The Morgan fingerprint density at radius 2 is 1.81 bits per heavy atom. The van der Waals surface area contributed by atoms with Crippen LogP contribution in [0.3, 0.4) is 0 Å². The molecule has 0 spiro atoms. The number of aliphatic carboxylic acids is 1. The van der Waals surface area contributed by atoms with Crippen molar-refractivity contribution in [2.24, 2.45) is 0 Å². The predicted octanol–water partition coefficient (Wildman–Crippen LogP) is 1.76. The van der Waals surface area contributed by atoms with Gasteiger partial charge >= 0.3 is 5.97 Å². The summed E-state index contributed by atoms with van der Waals surface area (Å²) in [5.74, 6) is -1.27. The van der Waals surface area contributed by atoms with Gasteiger partial charge in [-0.3, -0.25) is 14.5 Å². The van der Waals surface area contributed by atoms with Crippen LogP contribution in [0.4, 0.5) is 5.69 Å². The Morgan fingerprint density at radius 3 is 2.33 bits per heavy atom. The third-order valence-electron chi connectivity index (χ3n) is 4.50. The Bertz CT molecular complexity index is 775. The second-order valence-corrected chi connectivity index (χ2v) is 8.27. The molecule has 1 aromatic rings. The van der Waals surface area contributed by atoms with Gasteiger partial charge in [0.1, 0.15) is 0 Å². The first-order chi connectivity index (χ1) is 12.5. The molecule has 152 valence electrons. The fourth-order valence-corrected chi connectivity index (χ4v) is 4.28. The first-order valence-electron chi connectivity index (χ1n) is 8.88. The molecule has 1 rings (SSSR count). The van der Waals surface area contributed by atoms with E-state index < -0.39 is 22.0 Å². The number of nitrogens with one attached hydrogen (secondary N) is 1. The van der Waals surface area contributed by atoms with Crippen LogP contribution in [0, 0.1) is 6.92 Å². The number of likely N-dealkylation sites (N-methyl/N-ethyl adjacent to an activating group) is 1. The topological polar surface area (TPSA) is 107 Å². The van der Waals surface area contributed by atoms with Gasteiger partial charge in [0.15, 0.2) is 0 Å². The van der Waals surface area contributed by atoms with Crippen LogP contribution in [0.1, 0.15) is 32.8 Å². The first-order valence-corrected chi connectivity index (χ1v) is 10.3. The molecule has 1 aromatic carbocycles. The monoisotopic (exact) mass is 399 g/mol. The molecule has 0 aromatic heterocycles. The van der Waals surface area contributed by atoms with Crippen LogP contribution in [0.15, 0.2) is 23.1 Å². The maximum atomic E-state index is 12.8. The van der Waals surface area contributed by atoms with E-state index >= 15 is 0 Å². The molecule has 1 atom stereocenters. The molecule has 0 saturated carbocycles. The zero-order valence-corrected chi connectivity index (χ0v) is 17.3. The molecule has 2 N–H and O–H groups in total. The van der Waals surface area contributed by atoms with Gasteiger partial charge in [0.25, 0.3) is 0 Å². The van der Waals surface area contributed by atoms with Crippen LogP contribution in [0.2, 0.25) is 0 Å². The normalized spacial score (nSPS) is 13.0. The Kier molecular flexibility index (Phi) is 8.39. The number of hydrogen-bond donors (Lipinski definition) is 2. The lowest BCUT2D eigenvalue weighted by molar-refractivity contribution is -0.137. The van der Waals surface area contributed by atoms with Crippen LogP contribution in [0.5, 0.6) is 0 Å². The summed E-state index contributed by atoms with van der Waals surface area (Å²) in [6.07, 6.45) is -0.0646. The molecule has 9 heteroatoms. The zero-order valence-electron chi connectivity index (χ0n) is 16.5. The zero-order chi connectivity index (χ0) is 20.8. The van der Waals surface area contributed by atoms with Gasteiger partial charge in [-0.15, -0.1) is 0 Å². The Balaban J connectivity index is 3.00. The van der Waals surface area contributed by atoms with Gasteiger partial charge < -0.3 is 10.4 Å². The van der Waals surface area contributed by atoms with Crippen molar-refractivity contribution in [3.8, 4) is 0 Å². The largest absolute Gasteiger partial charge is 0.481 e. The molecule has 0 aliphatic heterocycles. The number of benzene rings is 1. The summed E-state index contributed by atoms with van der Waals surface area (Å²) in [7, 11) is -1.97. The Hall–Kier alpha value is -1.97. The summed E-state index contributed by atoms with van der Waals surface area (Å²) in [5, 5.41) is 11.5. The van der Waals surface area contributed by atoms with Gasteiger partial charge in [0, 0.05) is 25.3 Å². The van der Waals surface area contributed by atoms with Crippen molar-refractivity contribution in [3.63, 3.8) is 0 Å². The number of sulfonamides is 1. The highest BCUT2D eigenvalue weighted by Crippen LogP contribution is 2.24. The molecule has 0 bridgehead atoms. The summed E-state index contributed by atoms with van der Waals surface area (Å²) in [6, 6.07) is 4.21. The van der Waals surface area contributed by atoms with Crippen molar-refractivity contribution in [3.05, 3.63) is 23.8 Å². The van der Waals surface area contributed by atoms with E-state index in [1.165, 1.54) is 10.4 Å². The summed E-state index contributed by atoms with van der Waals surface area (Å²) >= 11 is 0. The van der Waals surface area contributed by atoms with Gasteiger partial charge in [0.05, 0.1) is 17.4 Å². The molecule has 0 aliphatic carbocycles. The van der Waals surface area contributed by atoms with Crippen LogP contribution in [-0.4, -0.2) is 67.3 Å². The highest BCUT2D eigenvalue weighted by atomic mass is 32.2. The van der Waals surface area contributed by atoms with Crippen LogP contribution >= 0.6 is 0 Å². The number of rotatable bonds is 10. The second kappa shape index (κ2) is 9.82. The number of carbonyl (C=O) groups is 2. The molecular weight excluding hydrogens is 370 g/mol. The lowest BCUT2D eigenvalue weighted by Gasteiger charge is -2.24. The van der Waals surface area contributed by atoms with Crippen molar-refractivity contribution in [1.29, 1.82) is 0 Å². The molecule has 0 aliphatic rings. The molecule has 1 unspecified atom stereocenters. The summed E-state index contributed by atoms with van der Waals surface area (Å²) in [6.45, 7) is 7.89. The SMILES string of the molecule is CCN(CC)S(=O)(=O)c1cc(NC(=O)C(C)N(C)CCC(=O)O)ccc1C. The van der Waals surface area contributed by atoms with Gasteiger partial charge in [-0.25, -0.2) is 8.42 Å². The minimum Gasteiger partial charge on any atom is -0.481 e. The van der Waals surface area contributed by atoms with E-state index in [0.717, 1.165) is 0 Å². The number of hydrogen-bond acceptors (Lipinski definition) is 5. The fraction of sp³-hybridized carbons (Fsp3) is 0.556. The smallest absolute Gasteiger partial charge is 0.304 e. The van der Waals surface area contributed by atoms with Crippen molar-refractivity contribution >= 4 is 27.6 Å². The average Bonchev–Trinajstić information content (AvgIpc) is 2.61. The summed E-state index contributed by atoms with van der Waals surface area (Å²) in [4.78, 5) is 24.9. The van der Waals surface area contributed by atoms with E-state index in [1.54, 1.807) is 51.8 Å². The molecule has 0 heterocycles. The van der Waals surface area contributed by atoms with Gasteiger partial charge in [-0.2, -0.15) is 4.31 Å². The molecular formula is C18H29N3O5S. The summed E-state index contributed by atoms with van der Waals surface area (Å²) in [5.41, 5.74) is 0.987. The molecule has 1 amide bonds. The van der Waals surface area contributed by atoms with Crippen LogP contribution in [-0.2, 0) is 19.6 Å². The second-order valence-electron chi connectivity index (χ2n) is 6.36. The van der Waals surface area contributed by atoms with Crippen LogP contribution < -0.4 is 5.32 Å². The minimum atomic E-state index is -3.64. The maximum Gasteiger partial charge on any atom is 0.304 e. The number of carboxylic acids is 1. The van der Waals surface area contributed by atoms with E-state index in [1.807, 2.05) is 0 Å². The Morgan fingerprint density at radius 1 is 1.22 bits per heavy atom. The molecule has 0 saturated heterocycles. The predicted molar refractivity (Wildman–Crippen MR) is 104 cm³/mol. The van der Waals surface area contributed by atoms with Crippen molar-refractivity contribution in [1.82, 2.24) is 9.21 Å². The highest BCUT2D eigenvalue weighted by Gasteiger charge is 2.25. The van der Waals surface area contributed by atoms with Crippen LogP contribution in [0.25, 0.3) is 0 Å². The van der Waals surface area contributed by atoms with Crippen molar-refractivity contribution < 1.29 is 23.1 Å². The van der Waals surface area contributed by atoms with Gasteiger partial charge in [-0.05, 0) is 38.6 Å².